The Morgan fingerprint density at radius 1 is 1.04 bits per heavy atom. The highest BCUT2D eigenvalue weighted by molar-refractivity contribution is 6.13. The molecule has 132 valence electrons. The third kappa shape index (κ3) is 2.71. The zero-order chi connectivity index (χ0) is 18.3. The van der Waals surface area contributed by atoms with Crippen molar-refractivity contribution in [2.75, 3.05) is 5.73 Å². The Bertz CT molecular complexity index is 1110. The highest BCUT2D eigenvalue weighted by atomic mass is 15.0. The van der Waals surface area contributed by atoms with Crippen LogP contribution in [-0.4, -0.2) is 14.5 Å². The Hall–Kier alpha value is -2.88. The van der Waals surface area contributed by atoms with Crippen molar-refractivity contribution in [3.05, 3.63) is 65.4 Å². The van der Waals surface area contributed by atoms with E-state index < -0.39 is 0 Å². The summed E-state index contributed by atoms with van der Waals surface area (Å²) >= 11 is 0. The first-order chi connectivity index (χ1) is 12.6. The maximum atomic E-state index is 6.49. The van der Waals surface area contributed by atoms with Crippen molar-refractivity contribution in [2.45, 2.75) is 33.1 Å². The number of anilines is 1. The topological polar surface area (TPSA) is 56.7 Å². The number of rotatable bonds is 4. The minimum Gasteiger partial charge on any atom is -0.397 e. The zero-order valence-corrected chi connectivity index (χ0v) is 15.6. The smallest absolute Gasteiger partial charge is 0.0945 e. The molecule has 0 aliphatic heterocycles. The highest BCUT2D eigenvalue weighted by Crippen LogP contribution is 2.35. The average molecular weight is 344 g/mol. The number of aryl methyl sites for hydroxylation is 5. The summed E-state index contributed by atoms with van der Waals surface area (Å²) in [6.07, 6.45) is 8.53. The van der Waals surface area contributed by atoms with Crippen LogP contribution in [0.1, 0.15) is 29.3 Å². The fourth-order valence-electron chi connectivity index (χ4n) is 3.77. The van der Waals surface area contributed by atoms with Gasteiger partial charge in [0.15, 0.2) is 0 Å². The summed E-state index contributed by atoms with van der Waals surface area (Å²) in [5.41, 5.74) is 13.1. The van der Waals surface area contributed by atoms with Crippen LogP contribution in [0.15, 0.2) is 43.0 Å². The van der Waals surface area contributed by atoms with Crippen LogP contribution in [0.4, 0.5) is 5.69 Å². The molecule has 2 heterocycles. The molecule has 0 aliphatic carbocycles. The molecule has 26 heavy (non-hydrogen) atoms. The van der Waals surface area contributed by atoms with Gasteiger partial charge in [-0.05, 0) is 54.2 Å². The second-order valence-electron chi connectivity index (χ2n) is 7.03. The van der Waals surface area contributed by atoms with Gasteiger partial charge in [0.05, 0.1) is 17.5 Å². The minimum atomic E-state index is 0.818. The molecule has 0 unspecified atom stereocenters. The largest absolute Gasteiger partial charge is 0.397 e. The number of hydrogen-bond acceptors (Lipinski definition) is 3. The molecular weight excluding hydrogens is 320 g/mol. The van der Waals surface area contributed by atoms with Gasteiger partial charge in [-0.3, -0.25) is 4.98 Å². The van der Waals surface area contributed by atoms with Gasteiger partial charge < -0.3 is 10.3 Å². The Morgan fingerprint density at radius 3 is 2.62 bits per heavy atom. The predicted octanol–water partition coefficient (Wildman–Crippen LogP) is 4.36. The van der Waals surface area contributed by atoms with Gasteiger partial charge >= 0.3 is 0 Å². The van der Waals surface area contributed by atoms with Crippen molar-refractivity contribution in [2.24, 2.45) is 7.05 Å². The number of pyridine rings is 1. The summed E-state index contributed by atoms with van der Waals surface area (Å²) in [7, 11) is 2.03. The van der Waals surface area contributed by atoms with E-state index in [0.717, 1.165) is 35.9 Å². The first-order valence-corrected chi connectivity index (χ1v) is 9.13. The third-order valence-corrected chi connectivity index (χ3v) is 5.25. The van der Waals surface area contributed by atoms with Crippen LogP contribution < -0.4 is 5.73 Å². The lowest BCUT2D eigenvalue weighted by Crippen LogP contribution is -2.01. The highest BCUT2D eigenvalue weighted by Gasteiger charge is 2.13. The number of imidazole rings is 1. The first kappa shape index (κ1) is 16.6. The first-order valence-electron chi connectivity index (χ1n) is 9.13. The van der Waals surface area contributed by atoms with Crippen LogP contribution >= 0.6 is 0 Å². The van der Waals surface area contributed by atoms with E-state index in [1.165, 1.54) is 33.2 Å². The quantitative estimate of drug-likeness (QED) is 0.442. The van der Waals surface area contributed by atoms with Gasteiger partial charge in [0.25, 0.3) is 0 Å². The number of aromatic nitrogens is 3. The van der Waals surface area contributed by atoms with Gasteiger partial charge in [0.2, 0.25) is 0 Å². The van der Waals surface area contributed by atoms with Gasteiger partial charge in [-0.15, -0.1) is 0 Å². The summed E-state index contributed by atoms with van der Waals surface area (Å²) in [6, 6.07) is 8.87. The monoisotopic (exact) mass is 344 g/mol. The Balaban J connectivity index is 1.84. The Morgan fingerprint density at radius 2 is 1.88 bits per heavy atom. The third-order valence-electron chi connectivity index (χ3n) is 5.25. The SMILES string of the molecule is CCc1c(N)c2ncc(CCc3cncn3C)cc2c2ccc(C)cc12. The lowest BCUT2D eigenvalue weighted by Gasteiger charge is -2.14. The molecule has 0 radical (unpaired) electrons. The van der Waals surface area contributed by atoms with E-state index in [0.29, 0.717) is 0 Å². The predicted molar refractivity (Wildman–Crippen MR) is 108 cm³/mol. The molecule has 0 saturated heterocycles. The summed E-state index contributed by atoms with van der Waals surface area (Å²) in [4.78, 5) is 8.93. The fourth-order valence-corrected chi connectivity index (χ4v) is 3.77. The molecule has 0 atom stereocenters. The molecule has 2 aromatic heterocycles. The lowest BCUT2D eigenvalue weighted by atomic mass is 9.94. The lowest BCUT2D eigenvalue weighted by molar-refractivity contribution is 0.797. The molecule has 2 N–H and O–H groups in total. The van der Waals surface area contributed by atoms with Crippen molar-refractivity contribution in [3.63, 3.8) is 0 Å². The van der Waals surface area contributed by atoms with E-state index in [-0.39, 0.29) is 0 Å². The fraction of sp³-hybridized carbons (Fsp3) is 0.273. The molecule has 2 aromatic carbocycles. The zero-order valence-electron chi connectivity index (χ0n) is 15.6. The second kappa shape index (κ2) is 6.45. The average Bonchev–Trinajstić information content (AvgIpc) is 3.05. The van der Waals surface area contributed by atoms with E-state index >= 15 is 0 Å². The van der Waals surface area contributed by atoms with E-state index in [1.807, 2.05) is 25.8 Å². The van der Waals surface area contributed by atoms with Crippen LogP contribution in [0.3, 0.4) is 0 Å². The van der Waals surface area contributed by atoms with Crippen molar-refractivity contribution in [1.29, 1.82) is 0 Å². The molecule has 4 nitrogen and oxygen atoms in total. The van der Waals surface area contributed by atoms with Gasteiger partial charge in [-0.25, -0.2) is 4.98 Å². The van der Waals surface area contributed by atoms with Gasteiger partial charge in [-0.2, -0.15) is 0 Å². The van der Waals surface area contributed by atoms with E-state index in [9.17, 15) is 0 Å². The molecule has 4 aromatic rings. The van der Waals surface area contributed by atoms with E-state index in [2.05, 4.69) is 47.7 Å². The van der Waals surface area contributed by atoms with Crippen molar-refractivity contribution >= 4 is 27.4 Å². The molecule has 0 amide bonds. The maximum Gasteiger partial charge on any atom is 0.0945 e. The molecule has 0 saturated carbocycles. The number of benzene rings is 2. The molecule has 4 heteroatoms. The molecular formula is C22H24N4. The Labute approximate surface area is 153 Å². The van der Waals surface area contributed by atoms with Crippen LogP contribution in [0.2, 0.25) is 0 Å². The molecule has 0 fully saturated rings. The summed E-state index contributed by atoms with van der Waals surface area (Å²) in [6.45, 7) is 4.28. The van der Waals surface area contributed by atoms with Gasteiger partial charge in [-0.1, -0.05) is 30.7 Å². The van der Waals surface area contributed by atoms with Crippen LogP contribution in [-0.2, 0) is 26.3 Å². The summed E-state index contributed by atoms with van der Waals surface area (Å²) in [5.74, 6) is 0. The number of nitrogens with zero attached hydrogens (tertiary/aromatic N) is 3. The molecule has 0 bridgehead atoms. The van der Waals surface area contributed by atoms with E-state index in [1.54, 1.807) is 0 Å². The molecule has 0 spiro atoms. The van der Waals surface area contributed by atoms with Crippen molar-refractivity contribution < 1.29 is 0 Å². The second-order valence-corrected chi connectivity index (χ2v) is 7.03. The standard InChI is InChI=1S/C22H24N4/c1-4-17-19-9-14(2)5-8-18(19)20-10-15(11-25-22(20)21(17)23)6-7-16-12-24-13-26(16)3/h5,8-13H,4,6-7,23H2,1-3H3. The van der Waals surface area contributed by atoms with Crippen LogP contribution in [0.25, 0.3) is 21.7 Å². The molecule has 0 aliphatic rings. The summed E-state index contributed by atoms with van der Waals surface area (Å²) < 4.78 is 2.07. The normalized spacial score (nSPS) is 11.5. The summed E-state index contributed by atoms with van der Waals surface area (Å²) in [5, 5.41) is 3.65. The van der Waals surface area contributed by atoms with E-state index in [4.69, 9.17) is 10.7 Å². The molecule has 4 rings (SSSR count). The Kier molecular flexibility index (Phi) is 4.11. The van der Waals surface area contributed by atoms with Gasteiger partial charge in [0.1, 0.15) is 0 Å². The van der Waals surface area contributed by atoms with Crippen molar-refractivity contribution in [1.82, 2.24) is 14.5 Å². The van der Waals surface area contributed by atoms with Crippen molar-refractivity contribution in [3.8, 4) is 0 Å². The number of nitrogens with two attached hydrogens (primary N) is 1. The van der Waals surface area contributed by atoms with Crippen LogP contribution in [0, 0.1) is 6.92 Å². The van der Waals surface area contributed by atoms with Crippen LogP contribution in [0.5, 0.6) is 0 Å². The number of nitrogen functional groups attached to an aromatic ring is 1. The van der Waals surface area contributed by atoms with Gasteiger partial charge in [0, 0.05) is 30.5 Å². The number of fused-ring (bicyclic) bond motifs is 3. The minimum absolute atomic E-state index is 0.818. The maximum absolute atomic E-state index is 6.49. The number of hydrogen-bond donors (Lipinski definition) is 1.